The molecule has 252 valence electrons. The minimum Gasteiger partial charge on any atom is -0.465 e. The Labute approximate surface area is 266 Å². The number of carbonyl (C=O) groups excluding carboxylic acids is 1. The van der Waals surface area contributed by atoms with Crippen LogP contribution in [-0.2, 0) is 9.53 Å². The zero-order valence-electron chi connectivity index (χ0n) is 29.6. The highest BCUT2D eigenvalue weighted by Crippen LogP contribution is 2.22. The van der Waals surface area contributed by atoms with E-state index in [-0.39, 0.29) is 11.9 Å². The van der Waals surface area contributed by atoms with E-state index in [1.165, 1.54) is 199 Å². The van der Waals surface area contributed by atoms with E-state index in [4.69, 9.17) is 4.74 Å². The third kappa shape index (κ3) is 32.4. The molecule has 2 heteroatoms. The minimum absolute atomic E-state index is 0.115. The van der Waals surface area contributed by atoms with Crippen LogP contribution in [0.4, 0.5) is 0 Å². The Balaban J connectivity index is 4.02. The fourth-order valence-corrected chi connectivity index (χ4v) is 6.37. The molecule has 0 radical (unpaired) electrons. The van der Waals surface area contributed by atoms with Crippen LogP contribution in [0.2, 0.25) is 0 Å². The maximum Gasteiger partial charge on any atom is 0.308 e. The van der Waals surface area contributed by atoms with Crippen molar-refractivity contribution in [1.82, 2.24) is 0 Å². The lowest BCUT2D eigenvalue weighted by Crippen LogP contribution is -2.18. The van der Waals surface area contributed by atoms with E-state index >= 15 is 0 Å². The summed E-state index contributed by atoms with van der Waals surface area (Å²) in [5, 5.41) is 0. The van der Waals surface area contributed by atoms with Crippen LogP contribution in [0.5, 0.6) is 0 Å². The van der Waals surface area contributed by atoms with Gasteiger partial charge in [0.2, 0.25) is 0 Å². The molecule has 0 heterocycles. The lowest BCUT2D eigenvalue weighted by Gasteiger charge is -2.16. The van der Waals surface area contributed by atoms with Gasteiger partial charge in [0.15, 0.2) is 0 Å². The number of unbranched alkanes of at least 4 members (excludes halogenated alkanes) is 29. The van der Waals surface area contributed by atoms with Crippen LogP contribution in [0.15, 0.2) is 0 Å². The summed E-state index contributed by atoms with van der Waals surface area (Å²) in [4.78, 5) is 13.0. The van der Waals surface area contributed by atoms with E-state index in [1.54, 1.807) is 0 Å². The number of hydrogen-bond donors (Lipinski definition) is 0. The third-order valence-electron chi connectivity index (χ3n) is 9.39. The number of carbonyl (C=O) groups is 1. The first-order valence-electron chi connectivity index (χ1n) is 19.9. The molecule has 0 aliphatic heterocycles. The Morgan fingerprint density at radius 2 is 0.595 bits per heavy atom. The van der Waals surface area contributed by atoms with Gasteiger partial charge in [-0.2, -0.15) is 0 Å². The molecule has 0 aromatic heterocycles. The standard InChI is InChI=1S/C40H80O2/c1-4-7-10-13-16-19-20-21-22-23-25-28-31-34-37-39(36-33-30-27-24-17-14-11-8-5-2)40(41)42-38-35-32-29-26-18-15-12-9-6-3/h39H,4-38H2,1-3H3. The Bertz CT molecular complexity index is 502. The number of rotatable bonds is 36. The topological polar surface area (TPSA) is 26.3 Å². The van der Waals surface area contributed by atoms with Crippen molar-refractivity contribution in [3.8, 4) is 0 Å². The zero-order chi connectivity index (χ0) is 30.6. The second-order valence-electron chi connectivity index (χ2n) is 13.7. The van der Waals surface area contributed by atoms with Crippen LogP contribution in [0.1, 0.15) is 239 Å². The van der Waals surface area contributed by atoms with Gasteiger partial charge in [0.05, 0.1) is 12.5 Å². The molecule has 0 saturated carbocycles. The van der Waals surface area contributed by atoms with E-state index < -0.39 is 0 Å². The molecule has 0 aliphatic rings. The summed E-state index contributed by atoms with van der Waals surface area (Å²) < 4.78 is 5.83. The van der Waals surface area contributed by atoms with E-state index in [0.29, 0.717) is 6.61 Å². The highest BCUT2D eigenvalue weighted by Gasteiger charge is 2.19. The molecule has 0 aromatic rings. The summed E-state index contributed by atoms with van der Waals surface area (Å²) in [6.45, 7) is 7.51. The Hall–Kier alpha value is -0.530. The molecule has 1 atom stereocenters. The van der Waals surface area contributed by atoms with E-state index in [9.17, 15) is 4.79 Å². The maximum atomic E-state index is 13.0. The summed E-state index contributed by atoms with van der Waals surface area (Å²) in [7, 11) is 0. The lowest BCUT2D eigenvalue weighted by atomic mass is 9.94. The third-order valence-corrected chi connectivity index (χ3v) is 9.39. The van der Waals surface area contributed by atoms with Crippen molar-refractivity contribution >= 4 is 5.97 Å². The SMILES string of the molecule is CCCCCCCCCCCCCCCCC(CCCCCCCCCCC)C(=O)OCCCCCCCCCCC. The van der Waals surface area contributed by atoms with Gasteiger partial charge in [-0.25, -0.2) is 0 Å². The second-order valence-corrected chi connectivity index (χ2v) is 13.7. The molecule has 0 amide bonds. The fraction of sp³-hybridized carbons (Fsp3) is 0.975. The molecule has 0 bridgehead atoms. The van der Waals surface area contributed by atoms with Crippen LogP contribution in [-0.4, -0.2) is 12.6 Å². The summed E-state index contributed by atoms with van der Waals surface area (Å²) >= 11 is 0. The van der Waals surface area contributed by atoms with Crippen molar-refractivity contribution in [3.63, 3.8) is 0 Å². The van der Waals surface area contributed by atoms with Crippen LogP contribution in [0.3, 0.4) is 0 Å². The fourth-order valence-electron chi connectivity index (χ4n) is 6.37. The van der Waals surface area contributed by atoms with Crippen molar-refractivity contribution in [3.05, 3.63) is 0 Å². The number of hydrogen-bond acceptors (Lipinski definition) is 2. The average molecular weight is 593 g/mol. The first-order chi connectivity index (χ1) is 20.8. The molecule has 0 rings (SSSR count). The van der Waals surface area contributed by atoms with Gasteiger partial charge in [-0.05, 0) is 19.3 Å². The quantitative estimate of drug-likeness (QED) is 0.0534. The summed E-state index contributed by atoms with van der Waals surface area (Å²) in [5.74, 6) is 0.259. The Morgan fingerprint density at radius 3 is 0.881 bits per heavy atom. The smallest absolute Gasteiger partial charge is 0.308 e. The predicted octanol–water partition coefficient (Wildman–Crippen LogP) is 14.5. The number of ether oxygens (including phenoxy) is 1. The molecule has 0 N–H and O–H groups in total. The van der Waals surface area contributed by atoms with Gasteiger partial charge < -0.3 is 4.74 Å². The summed E-state index contributed by atoms with van der Waals surface area (Å²) in [6.07, 6.45) is 45.4. The first kappa shape index (κ1) is 41.5. The molecule has 1 unspecified atom stereocenters. The first-order valence-corrected chi connectivity index (χ1v) is 19.9. The van der Waals surface area contributed by atoms with Crippen molar-refractivity contribution in [2.75, 3.05) is 6.61 Å². The molecule has 0 fully saturated rings. The van der Waals surface area contributed by atoms with Gasteiger partial charge >= 0.3 is 5.97 Å². The van der Waals surface area contributed by atoms with Crippen LogP contribution < -0.4 is 0 Å². The van der Waals surface area contributed by atoms with Crippen molar-refractivity contribution in [2.24, 2.45) is 5.92 Å². The van der Waals surface area contributed by atoms with Gasteiger partial charge in [-0.1, -0.05) is 220 Å². The minimum atomic E-state index is 0.115. The maximum absolute atomic E-state index is 13.0. The number of esters is 1. The van der Waals surface area contributed by atoms with Gasteiger partial charge in [0, 0.05) is 0 Å². The molecule has 0 aromatic carbocycles. The van der Waals surface area contributed by atoms with Gasteiger partial charge in [-0.15, -0.1) is 0 Å². The largest absolute Gasteiger partial charge is 0.465 e. The normalized spacial score (nSPS) is 12.2. The molecule has 42 heavy (non-hydrogen) atoms. The van der Waals surface area contributed by atoms with E-state index in [2.05, 4.69) is 20.8 Å². The molecular formula is C40H80O2. The highest BCUT2D eigenvalue weighted by atomic mass is 16.5. The van der Waals surface area contributed by atoms with Crippen LogP contribution in [0, 0.1) is 5.92 Å². The summed E-state index contributed by atoms with van der Waals surface area (Å²) in [6, 6.07) is 0. The van der Waals surface area contributed by atoms with Crippen molar-refractivity contribution in [1.29, 1.82) is 0 Å². The van der Waals surface area contributed by atoms with Crippen LogP contribution >= 0.6 is 0 Å². The monoisotopic (exact) mass is 593 g/mol. The molecule has 2 nitrogen and oxygen atoms in total. The van der Waals surface area contributed by atoms with Gasteiger partial charge in [-0.3, -0.25) is 4.79 Å². The molecule has 0 spiro atoms. The van der Waals surface area contributed by atoms with Crippen LogP contribution in [0.25, 0.3) is 0 Å². The molecular weight excluding hydrogens is 512 g/mol. The van der Waals surface area contributed by atoms with Gasteiger partial charge in [0.25, 0.3) is 0 Å². The Morgan fingerprint density at radius 1 is 0.357 bits per heavy atom. The van der Waals surface area contributed by atoms with E-state index in [0.717, 1.165) is 19.3 Å². The zero-order valence-corrected chi connectivity index (χ0v) is 29.6. The molecule has 0 saturated heterocycles. The van der Waals surface area contributed by atoms with E-state index in [1.807, 2.05) is 0 Å². The average Bonchev–Trinajstić information content (AvgIpc) is 3.00. The van der Waals surface area contributed by atoms with Gasteiger partial charge in [0.1, 0.15) is 0 Å². The molecule has 0 aliphatic carbocycles. The van der Waals surface area contributed by atoms with Crippen molar-refractivity contribution in [2.45, 2.75) is 239 Å². The lowest BCUT2D eigenvalue weighted by molar-refractivity contribution is -0.149. The predicted molar refractivity (Wildman–Crippen MR) is 188 cm³/mol. The van der Waals surface area contributed by atoms with Crippen molar-refractivity contribution < 1.29 is 9.53 Å². The Kier molecular flexibility index (Phi) is 36.2. The second kappa shape index (κ2) is 36.7. The summed E-state index contributed by atoms with van der Waals surface area (Å²) in [5.41, 5.74) is 0. The highest BCUT2D eigenvalue weighted by molar-refractivity contribution is 5.72.